The number of nitrogens with two attached hydrogens (primary N) is 1. The van der Waals surface area contributed by atoms with Gasteiger partial charge >= 0.3 is 0 Å². The van der Waals surface area contributed by atoms with Crippen LogP contribution in [0.25, 0.3) is 0 Å². The highest BCUT2D eigenvalue weighted by Gasteiger charge is 2.20. The first-order chi connectivity index (χ1) is 8.16. The Kier molecular flexibility index (Phi) is 3.89. The van der Waals surface area contributed by atoms with Gasteiger partial charge in [-0.15, -0.1) is 0 Å². The van der Waals surface area contributed by atoms with Gasteiger partial charge in [-0.2, -0.15) is 0 Å². The first-order valence-electron chi connectivity index (χ1n) is 6.00. The highest BCUT2D eigenvalue weighted by molar-refractivity contribution is 6.34. The Hall–Kier alpha value is -1.22. The smallest absolute Gasteiger partial charge is 0.252 e. The van der Waals surface area contributed by atoms with Crippen LogP contribution in [0.3, 0.4) is 0 Å². The molecule has 0 spiro atoms. The number of amides is 1. The Morgan fingerprint density at radius 2 is 2.24 bits per heavy atom. The summed E-state index contributed by atoms with van der Waals surface area (Å²) in [5.41, 5.74) is 6.64. The molecule has 0 saturated heterocycles. The number of carbonyl (C=O) groups is 1. The maximum Gasteiger partial charge on any atom is 0.252 e. The molecule has 1 amide bonds. The van der Waals surface area contributed by atoms with Gasteiger partial charge in [0.25, 0.3) is 5.91 Å². The maximum atomic E-state index is 11.8. The zero-order valence-electron chi connectivity index (χ0n) is 9.71. The second-order valence-corrected chi connectivity index (χ2v) is 4.99. The van der Waals surface area contributed by atoms with Crippen LogP contribution in [0, 0.1) is 5.92 Å². The molecule has 1 aliphatic rings. The van der Waals surface area contributed by atoms with Crippen molar-refractivity contribution >= 4 is 23.2 Å². The van der Waals surface area contributed by atoms with Crippen LogP contribution in [0.4, 0.5) is 5.69 Å². The van der Waals surface area contributed by atoms with Crippen LogP contribution in [0.2, 0.25) is 5.02 Å². The van der Waals surface area contributed by atoms with Crippen LogP contribution in [0.1, 0.15) is 36.0 Å². The summed E-state index contributed by atoms with van der Waals surface area (Å²) in [4.78, 5) is 11.8. The van der Waals surface area contributed by atoms with E-state index >= 15 is 0 Å². The van der Waals surface area contributed by atoms with E-state index in [1.54, 1.807) is 18.2 Å². The summed E-state index contributed by atoms with van der Waals surface area (Å²) in [6.45, 7) is 0.709. The van der Waals surface area contributed by atoms with Crippen molar-refractivity contribution in [3.63, 3.8) is 0 Å². The SMILES string of the molecule is Nc1ccc(Cl)c(C(=O)NCCCC2CC2)c1. The lowest BCUT2D eigenvalue weighted by Crippen LogP contribution is -2.24. The predicted molar refractivity (Wildman–Crippen MR) is 70.2 cm³/mol. The number of hydrogen-bond acceptors (Lipinski definition) is 2. The second-order valence-electron chi connectivity index (χ2n) is 4.58. The first-order valence-corrected chi connectivity index (χ1v) is 6.38. The number of rotatable bonds is 5. The molecule has 0 radical (unpaired) electrons. The minimum atomic E-state index is -0.141. The van der Waals surface area contributed by atoms with Gasteiger partial charge in [-0.1, -0.05) is 24.4 Å². The first kappa shape index (κ1) is 12.2. The fourth-order valence-electron chi connectivity index (χ4n) is 1.81. The number of hydrogen-bond donors (Lipinski definition) is 2. The van der Waals surface area contributed by atoms with Gasteiger partial charge in [0.1, 0.15) is 0 Å². The molecule has 4 heteroatoms. The quantitative estimate of drug-likeness (QED) is 0.625. The molecular formula is C13H17ClN2O. The topological polar surface area (TPSA) is 55.1 Å². The Bertz CT molecular complexity index is 416. The minimum absolute atomic E-state index is 0.141. The zero-order valence-corrected chi connectivity index (χ0v) is 10.5. The van der Waals surface area contributed by atoms with Gasteiger partial charge < -0.3 is 11.1 Å². The van der Waals surface area contributed by atoms with E-state index in [1.807, 2.05) is 0 Å². The molecule has 17 heavy (non-hydrogen) atoms. The molecule has 3 N–H and O–H groups in total. The zero-order chi connectivity index (χ0) is 12.3. The molecule has 0 aromatic heterocycles. The van der Waals surface area contributed by atoms with E-state index < -0.39 is 0 Å². The summed E-state index contributed by atoms with van der Waals surface area (Å²) in [5.74, 6) is 0.765. The largest absolute Gasteiger partial charge is 0.399 e. The van der Waals surface area contributed by atoms with Crippen molar-refractivity contribution in [3.05, 3.63) is 28.8 Å². The number of halogens is 1. The summed E-state index contributed by atoms with van der Waals surface area (Å²) in [7, 11) is 0. The van der Waals surface area contributed by atoms with Crippen molar-refractivity contribution in [1.82, 2.24) is 5.32 Å². The molecule has 0 unspecified atom stereocenters. The molecular weight excluding hydrogens is 236 g/mol. The van der Waals surface area contributed by atoms with E-state index in [1.165, 1.54) is 19.3 Å². The monoisotopic (exact) mass is 252 g/mol. The Labute approximate surface area is 106 Å². The molecule has 3 nitrogen and oxygen atoms in total. The molecule has 1 aromatic rings. The van der Waals surface area contributed by atoms with Crippen LogP contribution in [-0.4, -0.2) is 12.5 Å². The van der Waals surface area contributed by atoms with E-state index in [0.29, 0.717) is 22.8 Å². The standard InChI is InChI=1S/C13H17ClN2O/c14-12-6-5-10(15)8-11(12)13(17)16-7-1-2-9-3-4-9/h5-6,8-9H,1-4,7,15H2,(H,16,17). The van der Waals surface area contributed by atoms with E-state index in [2.05, 4.69) is 5.32 Å². The van der Waals surface area contributed by atoms with Crippen LogP contribution in [0.15, 0.2) is 18.2 Å². The maximum absolute atomic E-state index is 11.8. The lowest BCUT2D eigenvalue weighted by Gasteiger charge is -2.07. The third-order valence-electron chi connectivity index (χ3n) is 3.01. The summed E-state index contributed by atoms with van der Waals surface area (Å²) >= 11 is 5.95. The molecule has 92 valence electrons. The van der Waals surface area contributed by atoms with Crippen molar-refractivity contribution in [2.45, 2.75) is 25.7 Å². The van der Waals surface area contributed by atoms with Crippen molar-refractivity contribution in [1.29, 1.82) is 0 Å². The van der Waals surface area contributed by atoms with Crippen molar-refractivity contribution in [2.24, 2.45) is 5.92 Å². The van der Waals surface area contributed by atoms with Gasteiger partial charge in [-0.25, -0.2) is 0 Å². The van der Waals surface area contributed by atoms with Crippen molar-refractivity contribution in [3.8, 4) is 0 Å². The van der Waals surface area contributed by atoms with Gasteiger partial charge in [0.2, 0.25) is 0 Å². The molecule has 1 aliphatic carbocycles. The van der Waals surface area contributed by atoms with Gasteiger partial charge in [-0.3, -0.25) is 4.79 Å². The predicted octanol–water partition coefficient (Wildman–Crippen LogP) is 2.84. The fraction of sp³-hybridized carbons (Fsp3) is 0.462. The van der Waals surface area contributed by atoms with E-state index in [4.69, 9.17) is 17.3 Å². The number of anilines is 1. The Balaban J connectivity index is 1.82. The number of benzene rings is 1. The molecule has 1 aromatic carbocycles. The Morgan fingerprint density at radius 1 is 1.47 bits per heavy atom. The molecule has 0 bridgehead atoms. The van der Waals surface area contributed by atoms with Crippen LogP contribution in [-0.2, 0) is 0 Å². The minimum Gasteiger partial charge on any atom is -0.399 e. The third kappa shape index (κ3) is 3.63. The van der Waals surface area contributed by atoms with E-state index in [-0.39, 0.29) is 5.91 Å². The molecule has 2 rings (SSSR count). The van der Waals surface area contributed by atoms with Crippen LogP contribution in [0.5, 0.6) is 0 Å². The van der Waals surface area contributed by atoms with Gasteiger partial charge in [0.05, 0.1) is 10.6 Å². The highest BCUT2D eigenvalue weighted by atomic mass is 35.5. The summed E-state index contributed by atoms with van der Waals surface area (Å²) < 4.78 is 0. The van der Waals surface area contributed by atoms with Gasteiger partial charge in [-0.05, 0) is 37.0 Å². The van der Waals surface area contributed by atoms with E-state index in [0.717, 1.165) is 12.3 Å². The van der Waals surface area contributed by atoms with Crippen molar-refractivity contribution in [2.75, 3.05) is 12.3 Å². The lowest BCUT2D eigenvalue weighted by atomic mass is 10.2. The van der Waals surface area contributed by atoms with Gasteiger partial charge in [0, 0.05) is 12.2 Å². The van der Waals surface area contributed by atoms with E-state index in [9.17, 15) is 4.79 Å². The second kappa shape index (κ2) is 5.41. The normalized spacial score (nSPS) is 14.6. The van der Waals surface area contributed by atoms with Crippen molar-refractivity contribution < 1.29 is 4.79 Å². The average molecular weight is 253 g/mol. The summed E-state index contributed by atoms with van der Waals surface area (Å²) in [6.07, 6.45) is 4.96. The highest BCUT2D eigenvalue weighted by Crippen LogP contribution is 2.33. The Morgan fingerprint density at radius 3 is 2.94 bits per heavy atom. The molecule has 1 saturated carbocycles. The third-order valence-corrected chi connectivity index (χ3v) is 3.34. The summed E-state index contributed by atoms with van der Waals surface area (Å²) in [6, 6.07) is 4.95. The lowest BCUT2D eigenvalue weighted by molar-refractivity contribution is 0.0953. The van der Waals surface area contributed by atoms with Crippen LogP contribution >= 0.6 is 11.6 Å². The molecule has 1 fully saturated rings. The average Bonchev–Trinajstić information content (AvgIpc) is 3.11. The molecule has 0 atom stereocenters. The molecule has 0 heterocycles. The number of nitrogen functional groups attached to an aromatic ring is 1. The number of nitrogens with one attached hydrogen (secondary N) is 1. The molecule has 0 aliphatic heterocycles. The fourth-order valence-corrected chi connectivity index (χ4v) is 2.01. The van der Waals surface area contributed by atoms with Crippen LogP contribution < -0.4 is 11.1 Å². The van der Waals surface area contributed by atoms with Gasteiger partial charge in [0.15, 0.2) is 0 Å². The number of carbonyl (C=O) groups excluding carboxylic acids is 1. The summed E-state index contributed by atoms with van der Waals surface area (Å²) in [5, 5.41) is 3.31.